The Balaban J connectivity index is 1.40. The average Bonchev–Trinajstić information content (AvgIpc) is 3.49. The summed E-state index contributed by atoms with van der Waals surface area (Å²) in [4.78, 5) is 21.0. The zero-order valence-electron chi connectivity index (χ0n) is 20.9. The smallest absolute Gasteiger partial charge is 0.378 e. The number of nitrogens with one attached hydrogen (secondary N) is 1. The number of urea groups is 1. The minimum Gasteiger partial charge on any atom is -0.378 e. The molecule has 0 aliphatic carbocycles. The molecule has 2 saturated heterocycles. The Morgan fingerprint density at radius 3 is 2.73 bits per heavy atom. The number of aryl methyl sites for hydroxylation is 1. The number of carbonyl (C=O) groups is 1. The van der Waals surface area contributed by atoms with Crippen LogP contribution in [0.15, 0.2) is 30.6 Å². The first kappa shape index (κ1) is 25.6. The first-order valence-electron chi connectivity index (χ1n) is 12.5. The number of carbonyl (C=O) groups excluding carboxylic acids is 1. The fourth-order valence-electron chi connectivity index (χ4n) is 5.72. The monoisotopic (exact) mass is 521 g/mol. The van der Waals surface area contributed by atoms with E-state index in [2.05, 4.69) is 32.8 Å². The number of allylic oxidation sites excluding steroid dienone is 1. The fourth-order valence-corrected chi connectivity index (χ4v) is 5.72. The number of hydrogen-bond donors (Lipinski definition) is 1. The van der Waals surface area contributed by atoms with Crippen LogP contribution in [-0.4, -0.2) is 71.0 Å². The zero-order valence-corrected chi connectivity index (χ0v) is 20.9. The van der Waals surface area contributed by atoms with Crippen molar-refractivity contribution in [3.05, 3.63) is 53.4 Å². The molecule has 0 bridgehead atoms. The van der Waals surface area contributed by atoms with Gasteiger partial charge in [0.15, 0.2) is 5.82 Å². The van der Waals surface area contributed by atoms with E-state index in [-0.39, 0.29) is 25.2 Å². The molecule has 2 aromatic rings. The number of aromatic nitrogens is 2. The molecule has 0 radical (unpaired) electrons. The minimum atomic E-state index is -4.27. The number of hydrogen-bond acceptors (Lipinski definition) is 4. The minimum absolute atomic E-state index is 0.00154. The fraction of sp³-hybridized carbons (Fsp3) is 0.538. The van der Waals surface area contributed by atoms with E-state index >= 15 is 0 Å². The van der Waals surface area contributed by atoms with Crippen molar-refractivity contribution in [2.75, 3.05) is 44.7 Å². The van der Waals surface area contributed by atoms with E-state index in [0.29, 0.717) is 19.8 Å². The van der Waals surface area contributed by atoms with Crippen LogP contribution in [0.25, 0.3) is 5.70 Å². The number of halogens is 4. The van der Waals surface area contributed by atoms with Crippen molar-refractivity contribution in [3.8, 4) is 0 Å². The third-order valence-electron chi connectivity index (χ3n) is 7.51. The molecule has 2 atom stereocenters. The van der Waals surface area contributed by atoms with Gasteiger partial charge >= 0.3 is 12.2 Å². The van der Waals surface area contributed by atoms with E-state index < -0.39 is 35.8 Å². The van der Waals surface area contributed by atoms with E-state index in [1.807, 2.05) is 13.1 Å². The van der Waals surface area contributed by atoms with Crippen LogP contribution < -0.4 is 5.32 Å². The van der Waals surface area contributed by atoms with E-state index in [4.69, 9.17) is 4.74 Å². The Morgan fingerprint density at radius 1 is 1.24 bits per heavy atom. The Kier molecular flexibility index (Phi) is 6.68. The molecule has 3 aliphatic rings. The topological polar surface area (TPSA) is 62.6 Å². The van der Waals surface area contributed by atoms with Crippen molar-refractivity contribution < 1.29 is 27.1 Å². The van der Waals surface area contributed by atoms with Crippen LogP contribution in [0, 0.1) is 18.7 Å². The van der Waals surface area contributed by atoms with Gasteiger partial charge in [-0.1, -0.05) is 6.92 Å². The summed E-state index contributed by atoms with van der Waals surface area (Å²) in [5, 5.41) is 2.61. The number of anilines is 1. The number of benzene rings is 1. The second-order valence-corrected chi connectivity index (χ2v) is 10.4. The summed E-state index contributed by atoms with van der Waals surface area (Å²) in [6.07, 6.45) is 0.928. The van der Waals surface area contributed by atoms with Gasteiger partial charge in [0.05, 0.1) is 24.6 Å². The highest BCUT2D eigenvalue weighted by molar-refractivity contribution is 5.90. The first-order chi connectivity index (χ1) is 17.5. The molecule has 7 nitrogen and oxygen atoms in total. The molecule has 2 fully saturated rings. The molecule has 5 rings (SSSR count). The van der Waals surface area contributed by atoms with E-state index in [0.717, 1.165) is 35.7 Å². The molecular formula is C26H31F4N5O2. The molecule has 1 unspecified atom stereocenters. The highest BCUT2D eigenvalue weighted by Gasteiger charge is 2.38. The van der Waals surface area contributed by atoms with Crippen molar-refractivity contribution >= 4 is 17.4 Å². The molecule has 4 heterocycles. The van der Waals surface area contributed by atoms with Crippen LogP contribution in [0.1, 0.15) is 36.7 Å². The Bertz CT molecular complexity index is 1200. The maximum atomic E-state index is 15.0. The molecule has 37 heavy (non-hydrogen) atoms. The third kappa shape index (κ3) is 5.32. The van der Waals surface area contributed by atoms with Gasteiger partial charge < -0.3 is 24.4 Å². The second-order valence-electron chi connectivity index (χ2n) is 10.4. The van der Waals surface area contributed by atoms with Crippen LogP contribution in [-0.2, 0) is 16.7 Å². The third-order valence-corrected chi connectivity index (χ3v) is 7.51. The Hall–Kier alpha value is -3.08. The molecule has 2 amide bonds. The Labute approximate surface area is 213 Å². The highest BCUT2D eigenvalue weighted by atomic mass is 19.4. The van der Waals surface area contributed by atoms with Crippen molar-refractivity contribution in [3.63, 3.8) is 0 Å². The molecule has 0 saturated carbocycles. The number of amides is 2. The number of rotatable bonds is 4. The van der Waals surface area contributed by atoms with Crippen LogP contribution in [0.4, 0.5) is 28.0 Å². The quantitative estimate of drug-likeness (QED) is 0.589. The predicted octanol–water partition coefficient (Wildman–Crippen LogP) is 4.78. The van der Waals surface area contributed by atoms with Crippen LogP contribution in [0.5, 0.6) is 0 Å². The van der Waals surface area contributed by atoms with Gasteiger partial charge in [-0.3, -0.25) is 0 Å². The van der Waals surface area contributed by atoms with Crippen LogP contribution in [0.2, 0.25) is 0 Å². The lowest BCUT2D eigenvalue weighted by atomic mass is 9.77. The van der Waals surface area contributed by atoms with Gasteiger partial charge in [-0.2, -0.15) is 13.2 Å². The largest absolute Gasteiger partial charge is 0.389 e. The SMILES string of the molecule is Cc1cc(F)c(NC(=O)N2CC[C@@H](CC(F)(F)F)C2)cc1C1(C)C=C(N2CCOCC2)c2nccn2C1. The maximum absolute atomic E-state index is 15.0. The lowest BCUT2D eigenvalue weighted by Gasteiger charge is -2.39. The normalized spacial score (nSPS) is 24.2. The molecule has 1 aromatic carbocycles. The summed E-state index contributed by atoms with van der Waals surface area (Å²) in [5.74, 6) is -0.352. The summed E-state index contributed by atoms with van der Waals surface area (Å²) in [6, 6.07) is 2.47. The first-order valence-corrected chi connectivity index (χ1v) is 12.5. The van der Waals surface area contributed by atoms with Gasteiger partial charge in [0, 0.05) is 57.0 Å². The van der Waals surface area contributed by atoms with E-state index in [1.54, 1.807) is 12.3 Å². The lowest BCUT2D eigenvalue weighted by Crippen LogP contribution is -2.40. The van der Waals surface area contributed by atoms with Gasteiger partial charge in [0.25, 0.3) is 0 Å². The number of imidazole rings is 1. The van der Waals surface area contributed by atoms with Crippen molar-refractivity contribution in [2.24, 2.45) is 5.92 Å². The second kappa shape index (κ2) is 9.66. The van der Waals surface area contributed by atoms with Gasteiger partial charge in [-0.15, -0.1) is 0 Å². The average molecular weight is 522 g/mol. The number of fused-ring (bicyclic) bond motifs is 1. The highest BCUT2D eigenvalue weighted by Crippen LogP contribution is 2.40. The van der Waals surface area contributed by atoms with Crippen molar-refractivity contribution in [2.45, 2.75) is 44.8 Å². The van der Waals surface area contributed by atoms with Crippen LogP contribution >= 0.6 is 0 Å². The number of likely N-dealkylation sites (tertiary alicyclic amines) is 1. The predicted molar refractivity (Wildman–Crippen MR) is 130 cm³/mol. The molecule has 0 spiro atoms. The Morgan fingerprint density at radius 2 is 2.00 bits per heavy atom. The van der Waals surface area contributed by atoms with E-state index in [9.17, 15) is 22.4 Å². The van der Waals surface area contributed by atoms with Gasteiger partial charge in [-0.05, 0) is 48.6 Å². The van der Waals surface area contributed by atoms with Crippen LogP contribution in [0.3, 0.4) is 0 Å². The summed E-state index contributed by atoms with van der Waals surface area (Å²) in [5.41, 5.74) is 2.08. The van der Waals surface area contributed by atoms with Gasteiger partial charge in [0.2, 0.25) is 0 Å². The molecule has 11 heteroatoms. The summed E-state index contributed by atoms with van der Waals surface area (Å²) in [6.45, 7) is 7.43. The van der Waals surface area contributed by atoms with E-state index in [1.165, 1.54) is 11.0 Å². The number of nitrogens with zero attached hydrogens (tertiary/aromatic N) is 4. The molecule has 1 aromatic heterocycles. The molecular weight excluding hydrogens is 490 g/mol. The molecule has 3 aliphatic heterocycles. The van der Waals surface area contributed by atoms with Crippen molar-refractivity contribution in [1.29, 1.82) is 0 Å². The van der Waals surface area contributed by atoms with Gasteiger partial charge in [-0.25, -0.2) is 14.2 Å². The summed E-state index contributed by atoms with van der Waals surface area (Å²) >= 11 is 0. The van der Waals surface area contributed by atoms with Crippen molar-refractivity contribution in [1.82, 2.24) is 19.4 Å². The summed E-state index contributed by atoms with van der Waals surface area (Å²) in [7, 11) is 0. The molecule has 1 N–H and O–H groups in total. The number of ether oxygens (including phenoxy) is 1. The summed E-state index contributed by atoms with van der Waals surface area (Å²) < 4.78 is 60.9. The maximum Gasteiger partial charge on any atom is 0.389 e. The lowest BCUT2D eigenvalue weighted by molar-refractivity contribution is -0.143. The zero-order chi connectivity index (χ0) is 26.4. The van der Waals surface area contributed by atoms with Gasteiger partial charge in [0.1, 0.15) is 5.82 Å². The molecule has 200 valence electrons. The number of morpholine rings is 1. The standard InChI is InChI=1S/C26H31F4N5O2/c1-17-11-20(27)21(32-24(36)34-5-3-18(15-34)13-26(28,29)30)12-19(17)25(2)14-22(33-7-9-37-10-8-33)23-31-4-6-35(23)16-25/h4,6,11-12,14,18H,3,5,7-10,13,15-16H2,1-2H3,(H,32,36)/t18-,25?/m0/s1. The number of alkyl halides is 3.